The molecule has 0 N–H and O–H groups in total. The number of benzene rings is 1. The lowest BCUT2D eigenvalue weighted by Gasteiger charge is -2.11. The van der Waals surface area contributed by atoms with E-state index in [4.69, 9.17) is 53.4 Å². The van der Waals surface area contributed by atoms with Crippen molar-refractivity contribution in [1.82, 2.24) is 10.2 Å². The van der Waals surface area contributed by atoms with Gasteiger partial charge in [0.15, 0.2) is 11.5 Å². The van der Waals surface area contributed by atoms with E-state index in [-0.39, 0.29) is 31.0 Å². The van der Waals surface area contributed by atoms with Crippen LogP contribution in [0.2, 0.25) is 0 Å². The summed E-state index contributed by atoms with van der Waals surface area (Å²) in [5, 5.41) is 7.51. The predicted octanol–water partition coefficient (Wildman–Crippen LogP) is 3.51. The Hall–Kier alpha value is -1.70. The normalized spacial score (nSPS) is 11.2. The number of carbonyl (C=O) groups excluding carboxylic acids is 1. The fourth-order valence-corrected chi connectivity index (χ4v) is 1.94. The second kappa shape index (κ2) is 7.92. The fraction of sp³-hybridized carbons (Fsp3) is 0.357. The Morgan fingerprint density at radius 3 is 2.54 bits per heavy atom. The van der Waals surface area contributed by atoms with Crippen LogP contribution in [0, 0.1) is 0 Å². The van der Waals surface area contributed by atoms with Crippen molar-refractivity contribution in [3.05, 3.63) is 24.1 Å². The number of hydrogen-bond donors (Lipinski definition) is 0. The number of nitrogens with zero attached hydrogens (tertiary/aromatic N) is 2. The van der Waals surface area contributed by atoms with E-state index in [1.807, 2.05) is 0 Å². The number of methoxy groups -OCH3 is 1. The van der Waals surface area contributed by atoms with E-state index in [2.05, 4.69) is 10.2 Å². The summed E-state index contributed by atoms with van der Waals surface area (Å²) in [5.41, 5.74) is 0.562. The number of rotatable bonds is 6. The smallest absolute Gasteiger partial charge is 0.302 e. The van der Waals surface area contributed by atoms with Gasteiger partial charge in [0.05, 0.1) is 7.11 Å². The van der Waals surface area contributed by atoms with Crippen LogP contribution in [0.1, 0.15) is 12.8 Å². The van der Waals surface area contributed by atoms with Gasteiger partial charge < -0.3 is 18.6 Å². The van der Waals surface area contributed by atoms with E-state index >= 15 is 0 Å². The molecule has 0 saturated carbocycles. The molecule has 0 spiro atoms. The molecular formula is C14H13Cl3N2O5. The minimum Gasteiger partial charge on any atom is -0.493 e. The highest BCUT2D eigenvalue weighted by Gasteiger charge is 2.30. The molecule has 0 amide bonds. The number of ether oxygens (including phenoxy) is 3. The maximum Gasteiger partial charge on any atom is 0.302 e. The van der Waals surface area contributed by atoms with Crippen LogP contribution in [0.15, 0.2) is 22.6 Å². The summed E-state index contributed by atoms with van der Waals surface area (Å²) in [6.45, 7) is 1.65. The SMILES string of the molecule is COc1cc(-c2nnc(C(Cl)(Cl)Cl)o2)ccc1OCCOC(C)=O. The first-order chi connectivity index (χ1) is 11.3. The zero-order valence-corrected chi connectivity index (χ0v) is 15.0. The van der Waals surface area contributed by atoms with Crippen molar-refractivity contribution in [1.29, 1.82) is 0 Å². The predicted molar refractivity (Wildman–Crippen MR) is 87.7 cm³/mol. The van der Waals surface area contributed by atoms with Gasteiger partial charge in [-0.3, -0.25) is 4.79 Å². The molecule has 1 heterocycles. The highest BCUT2D eigenvalue weighted by atomic mass is 35.6. The Labute approximate surface area is 152 Å². The van der Waals surface area contributed by atoms with E-state index < -0.39 is 3.79 Å². The van der Waals surface area contributed by atoms with Crippen molar-refractivity contribution < 1.29 is 23.4 Å². The van der Waals surface area contributed by atoms with E-state index in [9.17, 15) is 4.79 Å². The number of halogens is 3. The highest BCUT2D eigenvalue weighted by Crippen LogP contribution is 2.39. The van der Waals surface area contributed by atoms with Gasteiger partial charge >= 0.3 is 5.97 Å². The van der Waals surface area contributed by atoms with Crippen LogP contribution in [0.3, 0.4) is 0 Å². The number of hydrogen-bond acceptors (Lipinski definition) is 7. The maximum absolute atomic E-state index is 10.7. The number of carbonyl (C=O) groups is 1. The quantitative estimate of drug-likeness (QED) is 0.420. The molecule has 1 aromatic carbocycles. The van der Waals surface area contributed by atoms with Crippen LogP contribution in [0.5, 0.6) is 11.5 Å². The van der Waals surface area contributed by atoms with Crippen molar-refractivity contribution in [3.8, 4) is 23.0 Å². The molecule has 0 saturated heterocycles. The molecular weight excluding hydrogens is 383 g/mol. The van der Waals surface area contributed by atoms with Crippen molar-refractivity contribution in [3.63, 3.8) is 0 Å². The summed E-state index contributed by atoms with van der Waals surface area (Å²) >= 11 is 17.1. The Morgan fingerprint density at radius 2 is 1.96 bits per heavy atom. The molecule has 0 aliphatic heterocycles. The maximum atomic E-state index is 10.7. The molecule has 2 rings (SSSR count). The molecule has 0 atom stereocenters. The van der Waals surface area contributed by atoms with Gasteiger partial charge in [0.25, 0.3) is 9.68 Å². The molecule has 0 unspecified atom stereocenters. The van der Waals surface area contributed by atoms with Gasteiger partial charge in [0.2, 0.25) is 5.89 Å². The van der Waals surface area contributed by atoms with Crippen molar-refractivity contribution in [2.24, 2.45) is 0 Å². The van der Waals surface area contributed by atoms with Gasteiger partial charge in [0.1, 0.15) is 13.2 Å². The van der Waals surface area contributed by atoms with E-state index in [1.54, 1.807) is 18.2 Å². The third-order valence-electron chi connectivity index (χ3n) is 2.72. The summed E-state index contributed by atoms with van der Waals surface area (Å²) in [7, 11) is 1.48. The van der Waals surface area contributed by atoms with Crippen molar-refractivity contribution in [2.75, 3.05) is 20.3 Å². The standard InChI is InChI=1S/C14H13Cl3N2O5/c1-8(20)22-5-6-23-10-4-3-9(7-11(10)21-2)12-18-19-13(24-12)14(15,16)17/h3-4,7H,5-6H2,1-2H3. The van der Waals surface area contributed by atoms with Gasteiger partial charge in [-0.25, -0.2) is 0 Å². The third kappa shape index (κ3) is 4.90. The molecule has 1 aromatic heterocycles. The molecule has 130 valence electrons. The molecule has 0 fully saturated rings. The third-order valence-corrected chi connectivity index (χ3v) is 3.21. The summed E-state index contributed by atoms with van der Waals surface area (Å²) < 4.78 is 19.1. The van der Waals surface area contributed by atoms with Gasteiger partial charge in [-0.2, -0.15) is 0 Å². The van der Waals surface area contributed by atoms with Gasteiger partial charge in [-0.1, -0.05) is 34.8 Å². The number of alkyl halides is 3. The van der Waals surface area contributed by atoms with Gasteiger partial charge in [-0.15, -0.1) is 10.2 Å². The minimum atomic E-state index is -1.80. The Bertz CT molecular complexity index is 715. The lowest BCUT2D eigenvalue weighted by atomic mass is 10.2. The fourth-order valence-electron chi connectivity index (χ4n) is 1.71. The van der Waals surface area contributed by atoms with E-state index in [0.29, 0.717) is 17.1 Å². The second-order valence-corrected chi connectivity index (χ2v) is 6.75. The van der Waals surface area contributed by atoms with Crippen LogP contribution < -0.4 is 9.47 Å². The lowest BCUT2D eigenvalue weighted by Crippen LogP contribution is -2.10. The largest absolute Gasteiger partial charge is 0.493 e. The highest BCUT2D eigenvalue weighted by molar-refractivity contribution is 6.66. The first-order valence-corrected chi connectivity index (χ1v) is 7.80. The van der Waals surface area contributed by atoms with Crippen LogP contribution in [0.4, 0.5) is 0 Å². The molecule has 7 nitrogen and oxygen atoms in total. The molecule has 0 aliphatic carbocycles. The minimum absolute atomic E-state index is 0.135. The molecule has 0 radical (unpaired) electrons. The number of aromatic nitrogens is 2. The van der Waals surface area contributed by atoms with E-state index in [1.165, 1.54) is 14.0 Å². The van der Waals surface area contributed by atoms with Crippen LogP contribution in [-0.2, 0) is 13.3 Å². The van der Waals surface area contributed by atoms with Crippen molar-refractivity contribution >= 4 is 40.8 Å². The first-order valence-electron chi connectivity index (χ1n) is 6.66. The van der Waals surface area contributed by atoms with Crippen LogP contribution >= 0.6 is 34.8 Å². The number of esters is 1. The Morgan fingerprint density at radius 1 is 1.21 bits per heavy atom. The lowest BCUT2D eigenvalue weighted by molar-refractivity contribution is -0.141. The Kier molecular flexibility index (Phi) is 6.15. The molecule has 24 heavy (non-hydrogen) atoms. The van der Waals surface area contributed by atoms with Crippen molar-refractivity contribution in [2.45, 2.75) is 10.7 Å². The average molecular weight is 396 g/mol. The average Bonchev–Trinajstić information content (AvgIpc) is 3.01. The van der Waals surface area contributed by atoms with Crippen LogP contribution in [0.25, 0.3) is 11.5 Å². The molecule has 10 heteroatoms. The summed E-state index contributed by atoms with van der Waals surface area (Å²) in [5.74, 6) is 0.560. The monoisotopic (exact) mass is 394 g/mol. The summed E-state index contributed by atoms with van der Waals surface area (Å²) in [6.07, 6.45) is 0. The van der Waals surface area contributed by atoms with Crippen LogP contribution in [-0.4, -0.2) is 36.5 Å². The summed E-state index contributed by atoms with van der Waals surface area (Å²) in [6, 6.07) is 4.97. The second-order valence-electron chi connectivity index (χ2n) is 4.46. The first kappa shape index (κ1) is 18.6. The molecule has 0 aliphatic rings. The zero-order chi connectivity index (χ0) is 17.7. The Balaban J connectivity index is 2.13. The van der Waals surface area contributed by atoms with Gasteiger partial charge in [0, 0.05) is 12.5 Å². The topological polar surface area (TPSA) is 83.7 Å². The zero-order valence-electron chi connectivity index (χ0n) is 12.7. The summed E-state index contributed by atoms with van der Waals surface area (Å²) in [4.78, 5) is 10.7. The molecule has 0 bridgehead atoms. The molecule has 2 aromatic rings. The van der Waals surface area contributed by atoms with E-state index in [0.717, 1.165) is 0 Å². The van der Waals surface area contributed by atoms with Gasteiger partial charge in [-0.05, 0) is 18.2 Å².